The number of nitrogens with one attached hydrogen (secondary N) is 1. The van der Waals surface area contributed by atoms with Crippen LogP contribution in [0.5, 0.6) is 11.5 Å². The second-order valence-electron chi connectivity index (χ2n) is 5.81. The van der Waals surface area contributed by atoms with Crippen molar-refractivity contribution < 1.29 is 9.47 Å². The molecule has 0 aliphatic carbocycles. The van der Waals surface area contributed by atoms with Gasteiger partial charge in [0.2, 0.25) is 6.79 Å². The van der Waals surface area contributed by atoms with Crippen LogP contribution in [0.2, 0.25) is 0 Å². The molecule has 24 heavy (non-hydrogen) atoms. The lowest BCUT2D eigenvalue weighted by molar-refractivity contribution is 0.174. The first-order valence-corrected chi connectivity index (χ1v) is 8.00. The van der Waals surface area contributed by atoms with Crippen molar-refractivity contribution in [1.82, 2.24) is 14.9 Å². The minimum Gasteiger partial charge on any atom is -0.454 e. The van der Waals surface area contributed by atoms with E-state index in [0.29, 0.717) is 6.79 Å². The number of fused-ring (bicyclic) bond motifs is 1. The van der Waals surface area contributed by atoms with E-state index in [1.165, 1.54) is 11.1 Å². The Morgan fingerprint density at radius 3 is 2.92 bits per heavy atom. The summed E-state index contributed by atoms with van der Waals surface area (Å²) in [6.07, 6.45) is 5.57. The lowest BCUT2D eigenvalue weighted by atomic mass is 10.1. The summed E-state index contributed by atoms with van der Waals surface area (Å²) < 4.78 is 12.9. The van der Waals surface area contributed by atoms with Crippen LogP contribution in [0.4, 0.5) is 0 Å². The topological polar surface area (TPSA) is 48.3 Å². The van der Waals surface area contributed by atoms with Crippen LogP contribution in [-0.4, -0.2) is 16.3 Å². The van der Waals surface area contributed by atoms with Gasteiger partial charge in [0, 0.05) is 25.0 Å². The van der Waals surface area contributed by atoms with E-state index >= 15 is 0 Å². The summed E-state index contributed by atoms with van der Waals surface area (Å²) in [6, 6.07) is 14.6. The molecule has 2 aromatic carbocycles. The number of para-hydroxylation sites is 1. The SMILES string of the molecule is C[C@H](NCc1ccccc1-n1ccnc1)c1ccc2c(c1)OCO2. The zero-order valence-corrected chi connectivity index (χ0v) is 13.5. The molecule has 1 aliphatic rings. The number of benzene rings is 2. The molecule has 0 amide bonds. The van der Waals surface area contributed by atoms with E-state index in [-0.39, 0.29) is 6.04 Å². The molecule has 0 unspecified atom stereocenters. The molecule has 2 heterocycles. The zero-order chi connectivity index (χ0) is 16.4. The third-order valence-electron chi connectivity index (χ3n) is 4.27. The molecule has 0 saturated carbocycles. The summed E-state index contributed by atoms with van der Waals surface area (Å²) in [5.74, 6) is 1.64. The highest BCUT2D eigenvalue weighted by molar-refractivity contribution is 5.45. The Morgan fingerprint density at radius 2 is 2.04 bits per heavy atom. The normalized spacial score (nSPS) is 13.9. The molecule has 0 bridgehead atoms. The Balaban J connectivity index is 1.49. The number of hydrogen-bond donors (Lipinski definition) is 1. The van der Waals surface area contributed by atoms with Gasteiger partial charge in [-0.3, -0.25) is 0 Å². The maximum Gasteiger partial charge on any atom is 0.231 e. The number of ether oxygens (including phenoxy) is 2. The fourth-order valence-electron chi connectivity index (χ4n) is 2.88. The number of rotatable bonds is 5. The van der Waals surface area contributed by atoms with Gasteiger partial charge in [-0.15, -0.1) is 0 Å². The number of imidazole rings is 1. The van der Waals surface area contributed by atoms with Gasteiger partial charge in [0.15, 0.2) is 11.5 Å². The van der Waals surface area contributed by atoms with E-state index in [2.05, 4.69) is 41.5 Å². The molecule has 1 aliphatic heterocycles. The fraction of sp³-hybridized carbons (Fsp3) is 0.211. The first-order valence-electron chi connectivity index (χ1n) is 8.00. The van der Waals surface area contributed by atoms with Crippen molar-refractivity contribution in [3.8, 4) is 17.2 Å². The molecule has 1 atom stereocenters. The third-order valence-corrected chi connectivity index (χ3v) is 4.27. The molecule has 0 radical (unpaired) electrons. The minimum absolute atomic E-state index is 0.204. The van der Waals surface area contributed by atoms with Gasteiger partial charge in [-0.2, -0.15) is 0 Å². The van der Waals surface area contributed by atoms with E-state index in [9.17, 15) is 0 Å². The van der Waals surface area contributed by atoms with E-state index in [1.807, 2.05) is 35.3 Å². The standard InChI is InChI=1S/C19H19N3O2/c1-14(15-6-7-18-19(10-15)24-13-23-18)21-11-16-4-2-3-5-17(16)22-9-8-20-12-22/h2-10,12,14,21H,11,13H2,1H3/t14-/m0/s1. The summed E-state index contributed by atoms with van der Waals surface area (Å²) in [4.78, 5) is 4.13. The van der Waals surface area contributed by atoms with Crippen molar-refractivity contribution >= 4 is 0 Å². The lowest BCUT2D eigenvalue weighted by Crippen LogP contribution is -2.19. The predicted octanol–water partition coefficient (Wildman–Crippen LogP) is 3.45. The van der Waals surface area contributed by atoms with Crippen LogP contribution in [-0.2, 0) is 6.54 Å². The summed E-state index contributed by atoms with van der Waals surface area (Å²) in [5.41, 5.74) is 3.54. The second-order valence-corrected chi connectivity index (χ2v) is 5.81. The van der Waals surface area contributed by atoms with Gasteiger partial charge in [-0.05, 0) is 36.2 Å². The van der Waals surface area contributed by atoms with Crippen molar-refractivity contribution in [3.63, 3.8) is 0 Å². The monoisotopic (exact) mass is 321 g/mol. The average molecular weight is 321 g/mol. The Bertz CT molecular complexity index is 830. The molecule has 122 valence electrons. The average Bonchev–Trinajstić information content (AvgIpc) is 3.30. The van der Waals surface area contributed by atoms with E-state index in [0.717, 1.165) is 23.7 Å². The van der Waals surface area contributed by atoms with Crippen LogP contribution in [0.1, 0.15) is 24.1 Å². The van der Waals surface area contributed by atoms with E-state index < -0.39 is 0 Å². The van der Waals surface area contributed by atoms with Crippen molar-refractivity contribution in [3.05, 3.63) is 72.3 Å². The Hall–Kier alpha value is -2.79. The lowest BCUT2D eigenvalue weighted by Gasteiger charge is -2.17. The largest absolute Gasteiger partial charge is 0.454 e. The molecule has 5 heteroatoms. The fourth-order valence-corrected chi connectivity index (χ4v) is 2.88. The third kappa shape index (κ3) is 2.86. The molecule has 4 rings (SSSR count). The first kappa shape index (κ1) is 14.8. The maximum absolute atomic E-state index is 5.46. The molecule has 0 spiro atoms. The molecule has 1 aromatic heterocycles. The summed E-state index contributed by atoms with van der Waals surface area (Å²) in [5, 5.41) is 3.58. The van der Waals surface area contributed by atoms with Crippen molar-refractivity contribution in [2.75, 3.05) is 6.79 Å². The molecule has 0 fully saturated rings. The summed E-state index contributed by atoms with van der Waals surface area (Å²) in [7, 11) is 0. The van der Waals surface area contributed by atoms with Crippen LogP contribution in [0, 0.1) is 0 Å². The van der Waals surface area contributed by atoms with Crippen LogP contribution >= 0.6 is 0 Å². The number of hydrogen-bond acceptors (Lipinski definition) is 4. The van der Waals surface area contributed by atoms with E-state index in [4.69, 9.17) is 9.47 Å². The minimum atomic E-state index is 0.204. The Labute approximate surface area is 140 Å². The van der Waals surface area contributed by atoms with Crippen LogP contribution in [0.25, 0.3) is 5.69 Å². The zero-order valence-electron chi connectivity index (χ0n) is 13.5. The molecule has 0 saturated heterocycles. The molecule has 5 nitrogen and oxygen atoms in total. The number of nitrogens with zero attached hydrogens (tertiary/aromatic N) is 2. The summed E-state index contributed by atoms with van der Waals surface area (Å²) in [6.45, 7) is 3.22. The smallest absolute Gasteiger partial charge is 0.231 e. The quantitative estimate of drug-likeness (QED) is 0.782. The van der Waals surface area contributed by atoms with Gasteiger partial charge in [0.05, 0.1) is 12.0 Å². The second kappa shape index (κ2) is 6.37. The van der Waals surface area contributed by atoms with Gasteiger partial charge in [-0.1, -0.05) is 24.3 Å². The van der Waals surface area contributed by atoms with Crippen LogP contribution in [0.3, 0.4) is 0 Å². The first-order chi connectivity index (χ1) is 11.8. The number of aromatic nitrogens is 2. The Morgan fingerprint density at radius 1 is 1.17 bits per heavy atom. The van der Waals surface area contributed by atoms with Gasteiger partial charge in [-0.25, -0.2) is 4.98 Å². The highest BCUT2D eigenvalue weighted by Crippen LogP contribution is 2.34. The summed E-state index contributed by atoms with van der Waals surface area (Å²) >= 11 is 0. The molecule has 3 aromatic rings. The molecular formula is C19H19N3O2. The van der Waals surface area contributed by atoms with E-state index in [1.54, 1.807) is 6.20 Å². The van der Waals surface area contributed by atoms with Crippen molar-refractivity contribution in [2.45, 2.75) is 19.5 Å². The highest BCUT2D eigenvalue weighted by Gasteiger charge is 2.15. The van der Waals surface area contributed by atoms with Gasteiger partial charge >= 0.3 is 0 Å². The van der Waals surface area contributed by atoms with Crippen molar-refractivity contribution in [2.24, 2.45) is 0 Å². The molecule has 1 N–H and O–H groups in total. The van der Waals surface area contributed by atoms with Gasteiger partial charge < -0.3 is 19.4 Å². The van der Waals surface area contributed by atoms with Crippen LogP contribution in [0.15, 0.2) is 61.2 Å². The highest BCUT2D eigenvalue weighted by atomic mass is 16.7. The predicted molar refractivity (Wildman–Crippen MR) is 91.4 cm³/mol. The Kier molecular flexibility index (Phi) is 3.92. The van der Waals surface area contributed by atoms with Crippen LogP contribution < -0.4 is 14.8 Å². The van der Waals surface area contributed by atoms with Gasteiger partial charge in [0.1, 0.15) is 0 Å². The maximum atomic E-state index is 5.46. The van der Waals surface area contributed by atoms with Crippen molar-refractivity contribution in [1.29, 1.82) is 0 Å². The molecular weight excluding hydrogens is 302 g/mol. The van der Waals surface area contributed by atoms with Gasteiger partial charge in [0.25, 0.3) is 0 Å².